The molecule has 1 heteroatoms. The highest BCUT2D eigenvalue weighted by molar-refractivity contribution is 7.80. The van der Waals surface area contributed by atoms with Gasteiger partial charge in [0.15, 0.2) is 0 Å². The predicted molar refractivity (Wildman–Crippen MR) is 58.8 cm³/mol. The van der Waals surface area contributed by atoms with Gasteiger partial charge in [0.2, 0.25) is 0 Å². The summed E-state index contributed by atoms with van der Waals surface area (Å²) < 4.78 is 0. The second-order valence-electron chi connectivity index (χ2n) is 4.20. The van der Waals surface area contributed by atoms with E-state index in [4.69, 9.17) is 0 Å². The summed E-state index contributed by atoms with van der Waals surface area (Å²) in [6.45, 7) is 2.30. The Morgan fingerprint density at radius 2 is 1.92 bits per heavy atom. The van der Waals surface area contributed by atoms with Crippen LogP contribution in [0.4, 0.5) is 0 Å². The van der Waals surface area contributed by atoms with Crippen LogP contribution in [0, 0.1) is 11.8 Å². The first-order valence-electron chi connectivity index (χ1n) is 5.47. The molecule has 0 nitrogen and oxygen atoms in total. The van der Waals surface area contributed by atoms with Gasteiger partial charge in [-0.05, 0) is 24.0 Å². The third-order valence-corrected chi connectivity index (χ3v) is 3.74. The molecule has 0 aromatic rings. The van der Waals surface area contributed by atoms with Gasteiger partial charge in [-0.3, -0.25) is 0 Å². The molecule has 1 aliphatic rings. The van der Waals surface area contributed by atoms with Crippen LogP contribution in [0.1, 0.15) is 51.9 Å². The smallest absolute Gasteiger partial charge is 0.00695 e. The minimum absolute atomic E-state index is 0.886. The van der Waals surface area contributed by atoms with Crippen molar-refractivity contribution in [3.05, 3.63) is 0 Å². The van der Waals surface area contributed by atoms with Gasteiger partial charge < -0.3 is 0 Å². The van der Waals surface area contributed by atoms with Crippen molar-refractivity contribution >= 4 is 12.6 Å². The summed E-state index contributed by atoms with van der Waals surface area (Å²) in [6.07, 6.45) is 10.2. The fourth-order valence-corrected chi connectivity index (χ4v) is 2.67. The normalized spacial score (nSPS) is 22.5. The molecular formula is C11H22S. The zero-order chi connectivity index (χ0) is 8.81. The van der Waals surface area contributed by atoms with Crippen LogP contribution in [0.15, 0.2) is 0 Å². The quantitative estimate of drug-likeness (QED) is 0.632. The molecule has 0 heterocycles. The van der Waals surface area contributed by atoms with Gasteiger partial charge in [-0.25, -0.2) is 0 Å². The Kier molecular flexibility index (Phi) is 5.13. The molecule has 0 aromatic carbocycles. The van der Waals surface area contributed by atoms with Crippen LogP contribution in [0.25, 0.3) is 0 Å². The molecule has 0 radical (unpaired) electrons. The highest BCUT2D eigenvalue weighted by Gasteiger charge is 2.16. The third kappa shape index (κ3) is 3.38. The second-order valence-corrected chi connectivity index (χ2v) is 4.56. The summed E-state index contributed by atoms with van der Waals surface area (Å²) in [5.41, 5.74) is 0. The van der Waals surface area contributed by atoms with Crippen LogP contribution in [-0.2, 0) is 0 Å². The summed E-state index contributed by atoms with van der Waals surface area (Å²) in [6, 6.07) is 0. The maximum absolute atomic E-state index is 4.40. The van der Waals surface area contributed by atoms with Crippen molar-refractivity contribution in [2.24, 2.45) is 11.8 Å². The molecule has 0 amide bonds. The van der Waals surface area contributed by atoms with Crippen LogP contribution in [0.5, 0.6) is 0 Å². The summed E-state index contributed by atoms with van der Waals surface area (Å²) in [5.74, 6) is 3.01. The van der Waals surface area contributed by atoms with Gasteiger partial charge in [-0.2, -0.15) is 12.6 Å². The van der Waals surface area contributed by atoms with Crippen molar-refractivity contribution in [3.8, 4) is 0 Å². The topological polar surface area (TPSA) is 0 Å². The summed E-state index contributed by atoms with van der Waals surface area (Å²) >= 11 is 4.40. The van der Waals surface area contributed by atoms with Crippen LogP contribution in [-0.4, -0.2) is 5.75 Å². The van der Waals surface area contributed by atoms with Gasteiger partial charge in [-0.1, -0.05) is 45.4 Å². The molecule has 0 saturated heterocycles. The van der Waals surface area contributed by atoms with E-state index in [-0.39, 0.29) is 0 Å². The van der Waals surface area contributed by atoms with E-state index < -0.39 is 0 Å². The standard InChI is InChI=1S/C11H22S/c1-2-10(9-12)8-11-6-4-3-5-7-11/h10-12H,2-9H2,1H3. The molecule has 0 N–H and O–H groups in total. The van der Waals surface area contributed by atoms with E-state index in [0.29, 0.717) is 0 Å². The Morgan fingerprint density at radius 3 is 2.42 bits per heavy atom. The number of rotatable bonds is 4. The van der Waals surface area contributed by atoms with Crippen LogP contribution < -0.4 is 0 Å². The SMILES string of the molecule is CCC(CS)CC1CCCCC1. The molecule has 0 spiro atoms. The first-order chi connectivity index (χ1) is 5.86. The molecule has 1 fully saturated rings. The lowest BCUT2D eigenvalue weighted by Gasteiger charge is -2.24. The molecule has 12 heavy (non-hydrogen) atoms. The molecule has 1 saturated carbocycles. The van der Waals surface area contributed by atoms with Gasteiger partial charge in [0, 0.05) is 0 Å². The zero-order valence-corrected chi connectivity index (χ0v) is 9.15. The Labute approximate surface area is 82.5 Å². The van der Waals surface area contributed by atoms with E-state index in [9.17, 15) is 0 Å². The van der Waals surface area contributed by atoms with E-state index in [2.05, 4.69) is 19.6 Å². The Hall–Kier alpha value is 0.350. The molecule has 1 unspecified atom stereocenters. The molecule has 0 aromatic heterocycles. The van der Waals surface area contributed by atoms with Crippen LogP contribution in [0.2, 0.25) is 0 Å². The summed E-state index contributed by atoms with van der Waals surface area (Å²) in [4.78, 5) is 0. The van der Waals surface area contributed by atoms with Gasteiger partial charge in [-0.15, -0.1) is 0 Å². The van der Waals surface area contributed by atoms with E-state index >= 15 is 0 Å². The molecule has 1 aliphatic carbocycles. The second kappa shape index (κ2) is 5.90. The van der Waals surface area contributed by atoms with Gasteiger partial charge in [0.05, 0.1) is 0 Å². The summed E-state index contributed by atoms with van der Waals surface area (Å²) in [7, 11) is 0. The highest BCUT2D eigenvalue weighted by Crippen LogP contribution is 2.30. The predicted octanol–water partition coefficient (Wildman–Crippen LogP) is 3.91. The lowest BCUT2D eigenvalue weighted by atomic mass is 9.82. The molecule has 72 valence electrons. The molecule has 1 atom stereocenters. The Morgan fingerprint density at radius 1 is 1.25 bits per heavy atom. The average Bonchev–Trinajstić information content (AvgIpc) is 2.16. The van der Waals surface area contributed by atoms with Gasteiger partial charge >= 0.3 is 0 Å². The first-order valence-corrected chi connectivity index (χ1v) is 6.11. The Balaban J connectivity index is 2.18. The van der Waals surface area contributed by atoms with Crippen LogP contribution >= 0.6 is 12.6 Å². The van der Waals surface area contributed by atoms with Crippen molar-refractivity contribution in [2.75, 3.05) is 5.75 Å². The minimum atomic E-state index is 0.886. The van der Waals surface area contributed by atoms with Crippen molar-refractivity contribution < 1.29 is 0 Å². The zero-order valence-electron chi connectivity index (χ0n) is 8.26. The molecule has 1 rings (SSSR count). The fourth-order valence-electron chi connectivity index (χ4n) is 2.26. The van der Waals surface area contributed by atoms with Crippen molar-refractivity contribution in [1.29, 1.82) is 0 Å². The largest absolute Gasteiger partial charge is 0.179 e. The number of hydrogen-bond donors (Lipinski definition) is 1. The highest BCUT2D eigenvalue weighted by atomic mass is 32.1. The monoisotopic (exact) mass is 186 g/mol. The molecule has 0 aliphatic heterocycles. The lowest BCUT2D eigenvalue weighted by Crippen LogP contribution is -2.12. The van der Waals surface area contributed by atoms with E-state index in [1.54, 1.807) is 0 Å². The Bertz CT molecular complexity index is 102. The number of hydrogen-bond acceptors (Lipinski definition) is 1. The summed E-state index contributed by atoms with van der Waals surface area (Å²) in [5, 5.41) is 0. The minimum Gasteiger partial charge on any atom is -0.179 e. The van der Waals surface area contributed by atoms with Gasteiger partial charge in [0.25, 0.3) is 0 Å². The maximum atomic E-state index is 4.40. The van der Waals surface area contributed by atoms with E-state index in [0.717, 1.165) is 17.6 Å². The lowest BCUT2D eigenvalue weighted by molar-refractivity contribution is 0.295. The van der Waals surface area contributed by atoms with Crippen molar-refractivity contribution in [3.63, 3.8) is 0 Å². The number of thiol groups is 1. The molecular weight excluding hydrogens is 164 g/mol. The van der Waals surface area contributed by atoms with Crippen LogP contribution in [0.3, 0.4) is 0 Å². The first kappa shape index (κ1) is 10.4. The average molecular weight is 186 g/mol. The van der Waals surface area contributed by atoms with Gasteiger partial charge in [0.1, 0.15) is 0 Å². The van der Waals surface area contributed by atoms with E-state index in [1.807, 2.05) is 0 Å². The van der Waals surface area contributed by atoms with Crippen molar-refractivity contribution in [1.82, 2.24) is 0 Å². The third-order valence-electron chi connectivity index (χ3n) is 3.23. The molecule has 0 bridgehead atoms. The maximum Gasteiger partial charge on any atom is -0.00695 e. The van der Waals surface area contributed by atoms with Crippen molar-refractivity contribution in [2.45, 2.75) is 51.9 Å². The van der Waals surface area contributed by atoms with E-state index in [1.165, 1.54) is 44.9 Å². The fraction of sp³-hybridized carbons (Fsp3) is 1.00.